The number of hydrogen-bond acceptors (Lipinski definition) is 2. The van der Waals surface area contributed by atoms with Crippen molar-refractivity contribution in [2.75, 3.05) is 0 Å². The fraction of sp³-hybridized carbons (Fsp3) is 0.455. The van der Waals surface area contributed by atoms with Gasteiger partial charge in [-0.2, -0.15) is 0 Å². The summed E-state index contributed by atoms with van der Waals surface area (Å²) >= 11 is 5.70. The second kappa shape index (κ2) is 5.11. The molecule has 0 bridgehead atoms. The summed E-state index contributed by atoms with van der Waals surface area (Å²) in [5.74, 6) is 0.568. The van der Waals surface area contributed by atoms with Gasteiger partial charge in [-0.25, -0.2) is 4.98 Å². The van der Waals surface area contributed by atoms with Gasteiger partial charge in [0.1, 0.15) is 5.15 Å². The summed E-state index contributed by atoms with van der Waals surface area (Å²) in [6.07, 6.45) is 3.16. The van der Waals surface area contributed by atoms with Crippen molar-refractivity contribution < 1.29 is 4.79 Å². The normalized spacial score (nSPS) is 12.5. The van der Waals surface area contributed by atoms with Gasteiger partial charge in [0.15, 0.2) is 5.78 Å². The number of carbonyl (C=O) groups excluding carboxylic acids is 1. The molecule has 0 radical (unpaired) electrons. The molecule has 0 fully saturated rings. The van der Waals surface area contributed by atoms with Crippen LogP contribution in [0.4, 0.5) is 0 Å². The lowest BCUT2D eigenvalue weighted by atomic mass is 9.98. The highest BCUT2D eigenvalue weighted by atomic mass is 35.5. The zero-order valence-corrected chi connectivity index (χ0v) is 9.21. The highest BCUT2D eigenvalue weighted by molar-refractivity contribution is 6.29. The van der Waals surface area contributed by atoms with Crippen molar-refractivity contribution in [2.24, 2.45) is 5.92 Å². The summed E-state index contributed by atoms with van der Waals surface area (Å²) in [4.78, 5) is 15.5. The van der Waals surface area contributed by atoms with Gasteiger partial charge in [0.05, 0.1) is 0 Å². The molecule has 1 heterocycles. The van der Waals surface area contributed by atoms with Gasteiger partial charge in [0.25, 0.3) is 0 Å². The maximum Gasteiger partial charge on any atom is 0.163 e. The minimum atomic E-state index is 0.142. The van der Waals surface area contributed by atoms with E-state index in [1.165, 1.54) is 0 Å². The second-order valence-corrected chi connectivity index (χ2v) is 3.90. The van der Waals surface area contributed by atoms with Crippen LogP contribution in [0.5, 0.6) is 0 Å². The molecule has 0 aliphatic carbocycles. The highest BCUT2D eigenvalue weighted by Crippen LogP contribution is 2.14. The van der Waals surface area contributed by atoms with Gasteiger partial charge in [-0.05, 0) is 18.1 Å². The molecule has 2 nitrogen and oxygen atoms in total. The fourth-order valence-corrected chi connectivity index (χ4v) is 1.33. The predicted molar refractivity (Wildman–Crippen MR) is 57.6 cm³/mol. The quantitative estimate of drug-likeness (QED) is 0.565. The number of nitrogens with zero attached hydrogens (tertiary/aromatic N) is 1. The fourth-order valence-electron chi connectivity index (χ4n) is 1.15. The van der Waals surface area contributed by atoms with Crippen molar-refractivity contribution in [3.63, 3.8) is 0 Å². The molecule has 0 N–H and O–H groups in total. The number of carbonyl (C=O) groups is 1. The van der Waals surface area contributed by atoms with E-state index in [2.05, 4.69) is 18.8 Å². The number of Topliss-reactive ketones (excluding diaryl/α,β-unsaturated/α-hetero) is 1. The maximum atomic E-state index is 11.7. The molecule has 76 valence electrons. The van der Waals surface area contributed by atoms with E-state index in [9.17, 15) is 4.79 Å². The Kier molecular flexibility index (Phi) is 4.08. The minimum Gasteiger partial charge on any atom is -0.294 e. The van der Waals surface area contributed by atoms with Gasteiger partial charge in [0.2, 0.25) is 0 Å². The largest absolute Gasteiger partial charge is 0.294 e. The van der Waals surface area contributed by atoms with Crippen LogP contribution in [0.2, 0.25) is 5.15 Å². The molecule has 1 atom stereocenters. The second-order valence-electron chi connectivity index (χ2n) is 3.51. The first-order valence-corrected chi connectivity index (χ1v) is 5.16. The Balaban J connectivity index is 2.70. The van der Waals surface area contributed by atoms with Crippen LogP contribution < -0.4 is 0 Å². The van der Waals surface area contributed by atoms with Crippen LogP contribution in [0.3, 0.4) is 0 Å². The number of ketones is 1. The number of rotatable bonds is 4. The zero-order valence-electron chi connectivity index (χ0n) is 8.46. The zero-order chi connectivity index (χ0) is 10.6. The SMILES string of the molecule is CC[C@@H](C)CC(=O)c1ccnc(Cl)c1. The number of aromatic nitrogens is 1. The van der Waals surface area contributed by atoms with Gasteiger partial charge >= 0.3 is 0 Å². The van der Waals surface area contributed by atoms with Crippen LogP contribution in [0, 0.1) is 5.92 Å². The van der Waals surface area contributed by atoms with Crippen LogP contribution in [-0.2, 0) is 0 Å². The van der Waals surface area contributed by atoms with E-state index in [1.54, 1.807) is 18.3 Å². The summed E-state index contributed by atoms with van der Waals surface area (Å²) in [5.41, 5.74) is 0.658. The van der Waals surface area contributed by atoms with E-state index in [0.717, 1.165) is 6.42 Å². The smallest absolute Gasteiger partial charge is 0.163 e. The molecule has 0 aliphatic heterocycles. The molecule has 3 heteroatoms. The molecule has 0 saturated heterocycles. The molecular formula is C11H14ClNO. The van der Waals surface area contributed by atoms with E-state index < -0.39 is 0 Å². The van der Waals surface area contributed by atoms with Crippen LogP contribution in [0.1, 0.15) is 37.0 Å². The average Bonchev–Trinajstić information content (AvgIpc) is 2.17. The lowest BCUT2D eigenvalue weighted by molar-refractivity contribution is 0.0963. The Morgan fingerprint density at radius 3 is 2.93 bits per heavy atom. The molecule has 0 aromatic carbocycles. The Hall–Kier alpha value is -0.890. The topological polar surface area (TPSA) is 30.0 Å². The first kappa shape index (κ1) is 11.2. The third kappa shape index (κ3) is 3.11. The van der Waals surface area contributed by atoms with Crippen LogP contribution in [0.25, 0.3) is 0 Å². The van der Waals surface area contributed by atoms with Gasteiger partial charge < -0.3 is 0 Å². The third-order valence-corrected chi connectivity index (χ3v) is 2.49. The highest BCUT2D eigenvalue weighted by Gasteiger charge is 2.10. The van der Waals surface area contributed by atoms with Crippen molar-refractivity contribution in [2.45, 2.75) is 26.7 Å². The van der Waals surface area contributed by atoms with Crippen molar-refractivity contribution >= 4 is 17.4 Å². The summed E-state index contributed by atoms with van der Waals surface area (Å²) in [6, 6.07) is 3.32. The Bertz CT molecular complexity index is 325. The average molecular weight is 212 g/mol. The number of hydrogen-bond donors (Lipinski definition) is 0. The Labute approximate surface area is 89.3 Å². The Morgan fingerprint density at radius 1 is 1.64 bits per heavy atom. The van der Waals surface area contributed by atoms with Crippen molar-refractivity contribution in [3.05, 3.63) is 29.0 Å². The predicted octanol–water partition coefficient (Wildman–Crippen LogP) is 3.35. The van der Waals surface area contributed by atoms with Gasteiger partial charge in [-0.3, -0.25) is 4.79 Å². The van der Waals surface area contributed by atoms with Crippen molar-refractivity contribution in [3.8, 4) is 0 Å². The molecular weight excluding hydrogens is 198 g/mol. The van der Waals surface area contributed by atoms with Crippen molar-refractivity contribution in [1.29, 1.82) is 0 Å². The van der Waals surface area contributed by atoms with Gasteiger partial charge in [-0.1, -0.05) is 31.9 Å². The maximum absolute atomic E-state index is 11.7. The molecule has 14 heavy (non-hydrogen) atoms. The molecule has 1 rings (SSSR count). The van der Waals surface area contributed by atoms with E-state index in [-0.39, 0.29) is 5.78 Å². The summed E-state index contributed by atoms with van der Waals surface area (Å²) < 4.78 is 0. The van der Waals surface area contributed by atoms with Gasteiger partial charge in [0, 0.05) is 18.2 Å². The minimum absolute atomic E-state index is 0.142. The van der Waals surface area contributed by atoms with E-state index in [1.807, 2.05) is 0 Å². The van der Waals surface area contributed by atoms with Crippen LogP contribution >= 0.6 is 11.6 Å². The standard InChI is InChI=1S/C11H14ClNO/c1-3-8(2)6-10(14)9-4-5-13-11(12)7-9/h4-5,7-8H,3,6H2,1-2H3/t8-/m1/s1. The van der Waals surface area contributed by atoms with Gasteiger partial charge in [-0.15, -0.1) is 0 Å². The Morgan fingerprint density at radius 2 is 2.36 bits per heavy atom. The van der Waals surface area contributed by atoms with Crippen LogP contribution in [-0.4, -0.2) is 10.8 Å². The molecule has 1 aromatic heterocycles. The first-order valence-electron chi connectivity index (χ1n) is 4.78. The summed E-state index contributed by atoms with van der Waals surface area (Å²) in [5, 5.41) is 0.375. The summed E-state index contributed by atoms with van der Waals surface area (Å²) in [6.45, 7) is 4.15. The van der Waals surface area contributed by atoms with E-state index in [0.29, 0.717) is 23.1 Å². The number of halogens is 1. The molecule has 0 amide bonds. The lowest BCUT2D eigenvalue weighted by Gasteiger charge is -2.06. The lowest BCUT2D eigenvalue weighted by Crippen LogP contribution is -2.05. The van der Waals surface area contributed by atoms with Crippen molar-refractivity contribution in [1.82, 2.24) is 4.98 Å². The molecule has 0 saturated carbocycles. The molecule has 0 unspecified atom stereocenters. The number of pyridine rings is 1. The molecule has 0 aliphatic rings. The molecule has 1 aromatic rings. The monoisotopic (exact) mass is 211 g/mol. The van der Waals surface area contributed by atoms with E-state index in [4.69, 9.17) is 11.6 Å². The third-order valence-electron chi connectivity index (χ3n) is 2.28. The first-order chi connectivity index (χ1) is 6.63. The molecule has 0 spiro atoms. The van der Waals surface area contributed by atoms with E-state index >= 15 is 0 Å². The van der Waals surface area contributed by atoms with Crippen LogP contribution in [0.15, 0.2) is 18.3 Å². The summed E-state index contributed by atoms with van der Waals surface area (Å²) in [7, 11) is 0.